The summed E-state index contributed by atoms with van der Waals surface area (Å²) in [7, 11) is 0. The molecule has 1 aliphatic heterocycles. The number of benzene rings is 1. The van der Waals surface area contributed by atoms with Gasteiger partial charge in [-0.15, -0.1) is 0 Å². The third kappa shape index (κ3) is 5.26. The number of hydrogen-bond donors (Lipinski definition) is 1. The number of aromatic nitrogens is 4. The molecule has 1 amide bonds. The Morgan fingerprint density at radius 1 is 1.19 bits per heavy atom. The van der Waals surface area contributed by atoms with Crippen molar-refractivity contribution in [3.8, 4) is 23.3 Å². The molecule has 3 aromatic rings. The van der Waals surface area contributed by atoms with Crippen LogP contribution in [0.25, 0.3) is 17.2 Å². The first kappa shape index (κ1) is 24.7. The van der Waals surface area contributed by atoms with Crippen LogP contribution in [-0.2, 0) is 17.4 Å². The minimum absolute atomic E-state index is 0.0209. The second kappa shape index (κ2) is 9.80. The minimum Gasteiger partial charge on any atom is -0.350 e. The number of hydrogen-bond acceptors (Lipinski definition) is 6. The summed E-state index contributed by atoms with van der Waals surface area (Å²) in [6.45, 7) is 1.26. The Balaban J connectivity index is 1.45. The van der Waals surface area contributed by atoms with E-state index in [4.69, 9.17) is 0 Å². The van der Waals surface area contributed by atoms with E-state index in [9.17, 15) is 27.6 Å². The van der Waals surface area contributed by atoms with Crippen LogP contribution in [0, 0.1) is 23.1 Å². The maximum atomic E-state index is 13.9. The van der Waals surface area contributed by atoms with Gasteiger partial charge in [0.1, 0.15) is 17.5 Å². The Bertz CT molecular complexity index is 1360. The molecule has 0 unspecified atom stereocenters. The van der Waals surface area contributed by atoms with Crippen LogP contribution in [0.5, 0.6) is 0 Å². The molecule has 2 aromatic heterocycles. The highest BCUT2D eigenvalue weighted by molar-refractivity contribution is 5.81. The van der Waals surface area contributed by atoms with Gasteiger partial charge in [0.05, 0.1) is 29.9 Å². The molecule has 0 spiro atoms. The van der Waals surface area contributed by atoms with Crippen molar-refractivity contribution in [2.45, 2.75) is 44.3 Å². The van der Waals surface area contributed by atoms with Crippen molar-refractivity contribution in [2.75, 3.05) is 18.4 Å². The lowest BCUT2D eigenvalue weighted by atomic mass is 10.1. The summed E-state index contributed by atoms with van der Waals surface area (Å²) in [6, 6.07) is 6.15. The van der Waals surface area contributed by atoms with E-state index in [-0.39, 0.29) is 47.4 Å². The number of imidazole rings is 1. The van der Waals surface area contributed by atoms with Gasteiger partial charge < -0.3 is 10.2 Å². The van der Waals surface area contributed by atoms with E-state index >= 15 is 0 Å². The SMILES string of the molecule is N#CCc1cnc(-c2ccc(F)c(C(F)(F)F)c2)n1-c1ccnc(N[C@H]2CCCN(C(=O)C3CC3)C2)n1. The zero-order valence-corrected chi connectivity index (χ0v) is 19.7. The maximum absolute atomic E-state index is 13.9. The van der Waals surface area contributed by atoms with E-state index in [0.29, 0.717) is 18.3 Å². The monoisotopic (exact) mass is 513 g/mol. The van der Waals surface area contributed by atoms with Crippen molar-refractivity contribution >= 4 is 11.9 Å². The molecule has 1 saturated carbocycles. The molecule has 0 radical (unpaired) electrons. The zero-order valence-electron chi connectivity index (χ0n) is 19.7. The van der Waals surface area contributed by atoms with Gasteiger partial charge in [-0.2, -0.15) is 23.4 Å². The van der Waals surface area contributed by atoms with Gasteiger partial charge in [-0.05, 0) is 49.9 Å². The van der Waals surface area contributed by atoms with Crippen LogP contribution in [0.4, 0.5) is 23.5 Å². The number of halogens is 4. The fourth-order valence-electron chi connectivity index (χ4n) is 4.54. The number of amides is 1. The van der Waals surface area contributed by atoms with Crippen LogP contribution in [0.3, 0.4) is 0 Å². The van der Waals surface area contributed by atoms with E-state index in [0.717, 1.165) is 38.3 Å². The third-order valence-corrected chi connectivity index (χ3v) is 6.49. The van der Waals surface area contributed by atoms with Gasteiger partial charge in [0.2, 0.25) is 11.9 Å². The number of nitriles is 1. The molecule has 8 nitrogen and oxygen atoms in total. The summed E-state index contributed by atoms with van der Waals surface area (Å²) in [6.07, 6.45) is 1.47. The fourth-order valence-corrected chi connectivity index (χ4v) is 4.54. The Morgan fingerprint density at radius 3 is 2.73 bits per heavy atom. The molecule has 1 N–H and O–H groups in total. The van der Waals surface area contributed by atoms with E-state index < -0.39 is 17.6 Å². The Labute approximate surface area is 210 Å². The van der Waals surface area contributed by atoms with Crippen molar-refractivity contribution in [1.82, 2.24) is 24.4 Å². The largest absolute Gasteiger partial charge is 0.419 e. The van der Waals surface area contributed by atoms with Gasteiger partial charge in [0.25, 0.3) is 0 Å². The first-order valence-corrected chi connectivity index (χ1v) is 11.9. The lowest BCUT2D eigenvalue weighted by Crippen LogP contribution is -2.45. The molecule has 12 heteroatoms. The van der Waals surface area contributed by atoms with Crippen molar-refractivity contribution in [3.05, 3.63) is 53.7 Å². The van der Waals surface area contributed by atoms with Crippen molar-refractivity contribution in [1.29, 1.82) is 5.26 Å². The number of nitrogens with one attached hydrogen (secondary N) is 1. The van der Waals surface area contributed by atoms with Crippen molar-refractivity contribution < 1.29 is 22.4 Å². The normalized spacial score (nSPS) is 17.9. The Kier molecular flexibility index (Phi) is 6.54. The van der Waals surface area contributed by atoms with Crippen LogP contribution in [0.2, 0.25) is 0 Å². The quantitative estimate of drug-likeness (QED) is 0.492. The molecule has 1 aliphatic carbocycles. The Morgan fingerprint density at radius 2 is 2.00 bits per heavy atom. The molecular formula is C25H23F4N7O. The number of anilines is 1. The number of carbonyl (C=O) groups is 1. The molecule has 1 saturated heterocycles. The molecule has 192 valence electrons. The van der Waals surface area contributed by atoms with Crippen LogP contribution < -0.4 is 5.32 Å². The smallest absolute Gasteiger partial charge is 0.350 e. The summed E-state index contributed by atoms with van der Waals surface area (Å²) in [5, 5.41) is 12.5. The van der Waals surface area contributed by atoms with Crippen LogP contribution in [0.15, 0.2) is 36.7 Å². The summed E-state index contributed by atoms with van der Waals surface area (Å²) in [5.41, 5.74) is -0.986. The number of alkyl halides is 3. The molecule has 5 rings (SSSR count). The van der Waals surface area contributed by atoms with E-state index in [1.54, 1.807) is 6.07 Å². The lowest BCUT2D eigenvalue weighted by Gasteiger charge is -2.33. The number of nitrogens with zero attached hydrogens (tertiary/aromatic N) is 6. The van der Waals surface area contributed by atoms with Gasteiger partial charge in [-0.1, -0.05) is 0 Å². The second-order valence-electron chi connectivity index (χ2n) is 9.22. The standard InChI is InChI=1S/C25H23F4N7O/c26-20-6-5-16(12-19(20)25(27,28)29)22-32-13-18(7-9-30)36(22)21-8-10-31-24(34-21)33-17-2-1-11-35(14-17)23(37)15-3-4-15/h5-6,8,10,12-13,15,17H,1-4,7,11,14H2,(H,31,33,34)/t17-/m0/s1. The highest BCUT2D eigenvalue weighted by Crippen LogP contribution is 2.35. The predicted molar refractivity (Wildman–Crippen MR) is 125 cm³/mol. The number of carbonyl (C=O) groups excluding carboxylic acids is 1. The summed E-state index contributed by atoms with van der Waals surface area (Å²) < 4.78 is 55.3. The topological polar surface area (TPSA) is 99.7 Å². The minimum atomic E-state index is -4.88. The first-order valence-electron chi connectivity index (χ1n) is 11.9. The molecule has 2 fully saturated rings. The van der Waals surface area contributed by atoms with Crippen molar-refractivity contribution in [2.24, 2.45) is 5.92 Å². The highest BCUT2D eigenvalue weighted by Gasteiger charge is 2.36. The maximum Gasteiger partial charge on any atom is 0.419 e. The number of rotatable bonds is 6. The lowest BCUT2D eigenvalue weighted by molar-refractivity contribution is -0.140. The molecule has 1 atom stereocenters. The van der Waals surface area contributed by atoms with Gasteiger partial charge in [0.15, 0.2) is 0 Å². The molecule has 1 aromatic carbocycles. The van der Waals surface area contributed by atoms with E-state index in [1.807, 2.05) is 11.0 Å². The zero-order chi connectivity index (χ0) is 26.2. The fraction of sp³-hybridized carbons (Fsp3) is 0.400. The Hall–Kier alpha value is -4.01. The molecule has 2 aliphatic rings. The van der Waals surface area contributed by atoms with Crippen LogP contribution in [0.1, 0.15) is 36.9 Å². The van der Waals surface area contributed by atoms with E-state index in [1.165, 1.54) is 23.0 Å². The highest BCUT2D eigenvalue weighted by atomic mass is 19.4. The molecule has 37 heavy (non-hydrogen) atoms. The molecular weight excluding hydrogens is 490 g/mol. The molecule has 3 heterocycles. The summed E-state index contributed by atoms with van der Waals surface area (Å²) in [5.74, 6) is -0.416. The van der Waals surface area contributed by atoms with E-state index in [2.05, 4.69) is 20.3 Å². The summed E-state index contributed by atoms with van der Waals surface area (Å²) in [4.78, 5) is 27.4. The number of piperidine rings is 1. The van der Waals surface area contributed by atoms with Crippen molar-refractivity contribution in [3.63, 3.8) is 0 Å². The number of likely N-dealkylation sites (tertiary alicyclic amines) is 1. The summed E-state index contributed by atoms with van der Waals surface area (Å²) >= 11 is 0. The van der Waals surface area contributed by atoms with Gasteiger partial charge in [-0.25, -0.2) is 14.4 Å². The third-order valence-electron chi connectivity index (χ3n) is 6.49. The van der Waals surface area contributed by atoms with Crippen LogP contribution in [-0.4, -0.2) is 49.5 Å². The van der Waals surface area contributed by atoms with Crippen LogP contribution >= 0.6 is 0 Å². The van der Waals surface area contributed by atoms with Gasteiger partial charge >= 0.3 is 6.18 Å². The average Bonchev–Trinajstić information content (AvgIpc) is 3.64. The first-order chi connectivity index (χ1) is 17.7. The second-order valence-corrected chi connectivity index (χ2v) is 9.22. The predicted octanol–water partition coefficient (Wildman–Crippen LogP) is 4.37. The molecule has 0 bridgehead atoms. The van der Waals surface area contributed by atoms with Gasteiger partial charge in [0, 0.05) is 36.8 Å². The average molecular weight is 513 g/mol. The van der Waals surface area contributed by atoms with Gasteiger partial charge in [-0.3, -0.25) is 9.36 Å².